The van der Waals surface area contributed by atoms with Crippen LogP contribution in [0, 0.1) is 47.3 Å². The molecule has 6 fully saturated rings. The predicted octanol–water partition coefficient (Wildman–Crippen LogP) is 14.1. The summed E-state index contributed by atoms with van der Waals surface area (Å²) in [6, 6.07) is 26.7. The first kappa shape index (κ1) is 51.8. The SMILES string of the molecule is C1CC2C3CCC(C3)C2C1.C1CC2C3CCC(C3)C2C1.CCO.CCO.CCO[P+](=O)Oc1ccccc1.CCO[P+](=O)Oc1ccccc1.O=[P+](Cl)Oc1ccccc1. The van der Waals surface area contributed by atoms with Crippen molar-refractivity contribution in [2.45, 2.75) is 105 Å². The first-order valence-corrected chi connectivity index (χ1v) is 26.2. The zero-order chi connectivity index (χ0) is 43.5. The number of rotatable bonds is 10. The Morgan fingerprint density at radius 2 is 0.750 bits per heavy atom. The van der Waals surface area contributed by atoms with E-state index in [4.69, 9.17) is 39.5 Å². The first-order chi connectivity index (χ1) is 29.2. The second-order valence-corrected chi connectivity index (χ2v) is 18.7. The van der Waals surface area contributed by atoms with Crippen LogP contribution in [0.2, 0.25) is 0 Å². The van der Waals surface area contributed by atoms with E-state index in [1.54, 1.807) is 153 Å². The fourth-order valence-electron chi connectivity index (χ4n) is 10.00. The molecule has 60 heavy (non-hydrogen) atoms. The molecule has 3 aromatic rings. The molecule has 0 heterocycles. The van der Waals surface area contributed by atoms with Crippen LogP contribution in [0.15, 0.2) is 91.0 Å². The van der Waals surface area contributed by atoms with Crippen molar-refractivity contribution in [3.05, 3.63) is 91.0 Å². The van der Waals surface area contributed by atoms with Gasteiger partial charge < -0.3 is 10.2 Å². The minimum absolute atomic E-state index is 0.250. The fraction of sp³-hybridized carbons (Fsp3) is 0.609. The lowest BCUT2D eigenvalue weighted by Crippen LogP contribution is -2.15. The summed E-state index contributed by atoms with van der Waals surface area (Å²) in [7, 11) is -6.07. The van der Waals surface area contributed by atoms with E-state index in [-0.39, 0.29) is 13.2 Å². The number of fused-ring (bicyclic) bond motifs is 10. The summed E-state index contributed by atoms with van der Waals surface area (Å²) in [4.78, 5) is 0. The predicted molar refractivity (Wildman–Crippen MR) is 242 cm³/mol. The standard InChI is InChI=1S/2C10H16.2C8H10O3P.C6H5ClO2P.2C2H6O/c2*1-2-9-7-4-5-8(6-7)10(9)3-1;2*1-2-10-12(9)11-8-6-4-3-5-7-8;7-10(8)9-6-4-2-1-3-5-6;2*1-2-3/h2*7-10H,1-6H2;2*3-7H,2H2,1H3;1-5H;2*3H,2H2,1H3/q;;3*+1;;. The summed E-state index contributed by atoms with van der Waals surface area (Å²) in [5.74, 6) is 11.2. The molecule has 0 amide bonds. The summed E-state index contributed by atoms with van der Waals surface area (Å²) in [6.45, 7) is 8.17. The van der Waals surface area contributed by atoms with Gasteiger partial charge in [-0.05, 0) is 176 Å². The van der Waals surface area contributed by atoms with E-state index < -0.39 is 23.9 Å². The van der Waals surface area contributed by atoms with Gasteiger partial charge in [0.05, 0.1) is 0 Å². The third-order valence-corrected chi connectivity index (χ3v) is 14.2. The summed E-state index contributed by atoms with van der Waals surface area (Å²) >= 11 is 5.10. The molecule has 0 aliphatic heterocycles. The Hall–Kier alpha value is -2.51. The van der Waals surface area contributed by atoms with E-state index in [1.807, 2.05) is 42.5 Å². The van der Waals surface area contributed by atoms with E-state index in [0.29, 0.717) is 30.5 Å². The summed E-state index contributed by atoms with van der Waals surface area (Å²) < 4.78 is 56.2. The third-order valence-electron chi connectivity index (χ3n) is 11.9. The van der Waals surface area contributed by atoms with Crippen LogP contribution in [0.25, 0.3) is 0 Å². The largest absolute Gasteiger partial charge is 0.750 e. The lowest BCUT2D eigenvalue weighted by molar-refractivity contribution is 0.259. The van der Waals surface area contributed by atoms with Gasteiger partial charge >= 0.3 is 23.9 Å². The Labute approximate surface area is 367 Å². The van der Waals surface area contributed by atoms with Crippen molar-refractivity contribution >= 4 is 35.1 Å². The highest BCUT2D eigenvalue weighted by atomic mass is 35.7. The Kier molecular flexibility index (Phi) is 26.4. The maximum atomic E-state index is 10.9. The molecule has 10 nitrogen and oxygen atoms in total. The van der Waals surface area contributed by atoms with Gasteiger partial charge in [0, 0.05) is 26.9 Å². The number of halogens is 1. The second-order valence-electron chi connectivity index (χ2n) is 15.5. The molecule has 14 heteroatoms. The van der Waals surface area contributed by atoms with Crippen LogP contribution < -0.4 is 13.6 Å². The van der Waals surface area contributed by atoms with E-state index in [9.17, 15) is 13.7 Å². The molecule has 11 unspecified atom stereocenters. The maximum Gasteiger partial charge on any atom is 0.750 e. The minimum Gasteiger partial charge on any atom is -0.397 e. The van der Waals surface area contributed by atoms with E-state index in [1.165, 1.54) is 47.3 Å². The van der Waals surface area contributed by atoms with Crippen LogP contribution >= 0.6 is 35.1 Å². The molecule has 9 rings (SSSR count). The third kappa shape index (κ3) is 18.9. The Morgan fingerprint density at radius 3 is 1.00 bits per heavy atom. The van der Waals surface area contributed by atoms with Gasteiger partial charge in [-0.3, -0.25) is 0 Å². The highest BCUT2D eigenvalue weighted by molar-refractivity contribution is 7.70. The van der Waals surface area contributed by atoms with Gasteiger partial charge in [-0.15, -0.1) is 9.05 Å². The first-order valence-electron chi connectivity index (χ1n) is 21.9. The molecule has 6 aliphatic rings. The molecule has 0 spiro atoms. The fourth-order valence-corrected chi connectivity index (χ4v) is 11.6. The number of para-hydroxylation sites is 3. The quantitative estimate of drug-likeness (QED) is 0.189. The van der Waals surface area contributed by atoms with Crippen LogP contribution in [-0.4, -0.2) is 36.6 Å². The highest BCUT2D eigenvalue weighted by Crippen LogP contribution is 2.59. The summed E-state index contributed by atoms with van der Waals surface area (Å²) in [5.41, 5.74) is 0. The smallest absolute Gasteiger partial charge is 0.397 e. The summed E-state index contributed by atoms with van der Waals surface area (Å²) in [5, 5.41) is 15.1. The topological polar surface area (TPSA) is 138 Å². The van der Waals surface area contributed by atoms with Crippen LogP contribution in [-0.2, 0) is 22.7 Å². The van der Waals surface area contributed by atoms with Crippen molar-refractivity contribution in [1.82, 2.24) is 0 Å². The molecule has 0 radical (unpaired) electrons. The van der Waals surface area contributed by atoms with Crippen molar-refractivity contribution in [1.29, 1.82) is 0 Å². The van der Waals surface area contributed by atoms with Gasteiger partial charge in [-0.1, -0.05) is 67.4 Å². The number of hydrogen-bond donors (Lipinski definition) is 2. The van der Waals surface area contributed by atoms with Gasteiger partial charge in [-0.25, -0.2) is 13.6 Å². The van der Waals surface area contributed by atoms with Crippen molar-refractivity contribution in [3.8, 4) is 17.2 Å². The van der Waals surface area contributed by atoms with Crippen molar-refractivity contribution in [3.63, 3.8) is 0 Å². The van der Waals surface area contributed by atoms with Crippen LogP contribution in [0.4, 0.5) is 0 Å². The maximum absolute atomic E-state index is 10.9. The second kappa shape index (κ2) is 30.5. The van der Waals surface area contributed by atoms with E-state index in [0.717, 1.165) is 0 Å². The number of aliphatic hydroxyl groups excluding tert-OH is 2. The molecule has 6 aliphatic carbocycles. The van der Waals surface area contributed by atoms with Gasteiger partial charge in [0.15, 0.2) is 17.2 Å². The van der Waals surface area contributed by atoms with E-state index >= 15 is 0 Å². The van der Waals surface area contributed by atoms with E-state index in [2.05, 4.69) is 4.52 Å². The zero-order valence-electron chi connectivity index (χ0n) is 36.0. The molecule has 0 saturated heterocycles. The Morgan fingerprint density at radius 1 is 0.483 bits per heavy atom. The van der Waals surface area contributed by atoms with Crippen LogP contribution in [0.3, 0.4) is 0 Å². The number of hydrogen-bond acceptors (Lipinski definition) is 10. The average molecular weight is 910 g/mol. The van der Waals surface area contributed by atoms with Crippen LogP contribution in [0.1, 0.15) is 105 Å². The molecule has 0 aromatic heterocycles. The molecule has 11 atom stereocenters. The molecular formula is C46H69ClO10P3+3. The average Bonchev–Trinajstić information content (AvgIpc) is 4.10. The zero-order valence-corrected chi connectivity index (χ0v) is 39.4. The lowest BCUT2D eigenvalue weighted by atomic mass is 9.82. The van der Waals surface area contributed by atoms with Crippen molar-refractivity contribution in [2.24, 2.45) is 47.3 Å². The normalized spacial score (nSPS) is 25.9. The highest BCUT2D eigenvalue weighted by Gasteiger charge is 2.49. The Bertz CT molecular complexity index is 1480. The molecule has 4 bridgehead atoms. The monoisotopic (exact) mass is 909 g/mol. The molecule has 332 valence electrons. The molecule has 2 N–H and O–H groups in total. The van der Waals surface area contributed by atoms with Crippen molar-refractivity contribution in [2.75, 3.05) is 26.4 Å². The van der Waals surface area contributed by atoms with Gasteiger partial charge in [0.2, 0.25) is 0 Å². The molecule has 6 saturated carbocycles. The van der Waals surface area contributed by atoms with Crippen molar-refractivity contribution < 1.29 is 46.5 Å². The minimum atomic E-state index is -2.05. The summed E-state index contributed by atoms with van der Waals surface area (Å²) in [6.07, 6.45) is 19.1. The van der Waals surface area contributed by atoms with Gasteiger partial charge in [-0.2, -0.15) is 0 Å². The van der Waals surface area contributed by atoms with Gasteiger partial charge in [0.1, 0.15) is 13.2 Å². The molecular weight excluding hydrogens is 841 g/mol. The number of benzene rings is 3. The van der Waals surface area contributed by atoms with Crippen LogP contribution in [0.5, 0.6) is 17.2 Å². The Balaban J connectivity index is 0.000000194. The lowest BCUT2D eigenvalue weighted by Gasteiger charge is -2.23. The number of aliphatic hydroxyl groups is 2. The van der Waals surface area contributed by atoms with Gasteiger partial charge in [0.25, 0.3) is 11.2 Å². The molecule has 3 aromatic carbocycles.